The molecule has 0 unspecified atom stereocenters. The normalized spacial score (nSPS) is 12.6. The molecular weight excluding hydrogens is 248 g/mol. The van der Waals surface area contributed by atoms with Crippen LogP contribution in [-0.4, -0.2) is 42.0 Å². The van der Waals surface area contributed by atoms with Crippen LogP contribution in [0.1, 0.15) is 47.5 Å². The van der Waals surface area contributed by atoms with Crippen LogP contribution in [0.15, 0.2) is 5.10 Å². The van der Waals surface area contributed by atoms with Gasteiger partial charge in [0.15, 0.2) is 0 Å². The average molecular weight is 272 g/mol. The van der Waals surface area contributed by atoms with Crippen LogP contribution in [-0.2, 0) is 19.1 Å². The zero-order valence-corrected chi connectivity index (χ0v) is 12.6. The largest absolute Gasteiger partial charge is 0.466 e. The van der Waals surface area contributed by atoms with Crippen LogP contribution in [0.2, 0.25) is 0 Å². The summed E-state index contributed by atoms with van der Waals surface area (Å²) >= 11 is 0. The first-order valence-electron chi connectivity index (χ1n) is 6.32. The van der Waals surface area contributed by atoms with Gasteiger partial charge in [-0.2, -0.15) is 5.10 Å². The first-order chi connectivity index (χ1) is 8.86. The first kappa shape index (κ1) is 19.6. The maximum atomic E-state index is 10.6. The number of carbonyl (C=O) groups is 3. The number of ketones is 1. The first-order valence-corrected chi connectivity index (χ1v) is 6.32. The van der Waals surface area contributed by atoms with Crippen LogP contribution in [0.5, 0.6) is 0 Å². The minimum atomic E-state index is -0.440. The Labute approximate surface area is 114 Å². The zero-order chi connectivity index (χ0) is 15.4. The van der Waals surface area contributed by atoms with Gasteiger partial charge in [0.05, 0.1) is 13.0 Å². The third-order valence-electron chi connectivity index (χ3n) is 1.79. The third kappa shape index (κ3) is 11.1. The molecule has 1 aliphatic rings. The summed E-state index contributed by atoms with van der Waals surface area (Å²) < 4.78 is 4.49. The molecule has 0 spiro atoms. The summed E-state index contributed by atoms with van der Waals surface area (Å²) in [7, 11) is 1.67. The highest BCUT2D eigenvalue weighted by atomic mass is 16.5. The molecule has 19 heavy (non-hydrogen) atoms. The van der Waals surface area contributed by atoms with Gasteiger partial charge in [-0.05, 0) is 20.8 Å². The summed E-state index contributed by atoms with van der Waals surface area (Å²) in [6, 6.07) is 0. The Morgan fingerprint density at radius 3 is 2.11 bits per heavy atom. The van der Waals surface area contributed by atoms with E-state index in [4.69, 9.17) is 0 Å². The maximum absolute atomic E-state index is 10.6. The van der Waals surface area contributed by atoms with Gasteiger partial charge in [-0.1, -0.05) is 13.8 Å². The van der Waals surface area contributed by atoms with Gasteiger partial charge in [0.2, 0.25) is 5.91 Å². The van der Waals surface area contributed by atoms with Crippen LogP contribution in [0.3, 0.4) is 0 Å². The Morgan fingerprint density at radius 2 is 1.89 bits per heavy atom. The van der Waals surface area contributed by atoms with Crippen molar-refractivity contribution in [1.82, 2.24) is 5.01 Å². The number of amides is 1. The highest BCUT2D eigenvalue weighted by molar-refractivity contribution is 6.03. The minimum Gasteiger partial charge on any atom is -0.466 e. The number of hydrazone groups is 1. The van der Waals surface area contributed by atoms with Crippen molar-refractivity contribution in [3.63, 3.8) is 0 Å². The molecule has 0 saturated carbocycles. The van der Waals surface area contributed by atoms with Gasteiger partial charge in [-0.25, -0.2) is 5.01 Å². The molecule has 0 saturated heterocycles. The van der Waals surface area contributed by atoms with E-state index in [1.165, 1.54) is 11.9 Å². The van der Waals surface area contributed by atoms with Crippen molar-refractivity contribution in [2.24, 2.45) is 5.10 Å². The summed E-state index contributed by atoms with van der Waals surface area (Å²) in [5, 5.41) is 5.24. The van der Waals surface area contributed by atoms with Crippen LogP contribution < -0.4 is 0 Å². The molecule has 0 aromatic heterocycles. The van der Waals surface area contributed by atoms with E-state index >= 15 is 0 Å². The average Bonchev–Trinajstić information content (AvgIpc) is 2.59. The predicted molar refractivity (Wildman–Crippen MR) is 73.8 cm³/mol. The second-order valence-electron chi connectivity index (χ2n) is 3.61. The lowest BCUT2D eigenvalue weighted by atomic mass is 10.3. The van der Waals surface area contributed by atoms with E-state index in [1.807, 2.05) is 20.8 Å². The molecule has 1 aliphatic heterocycles. The number of esters is 1. The maximum Gasteiger partial charge on any atom is 0.313 e. The summed E-state index contributed by atoms with van der Waals surface area (Å²) in [4.78, 5) is 31.2. The Morgan fingerprint density at radius 1 is 1.37 bits per heavy atom. The number of rotatable bonds is 3. The van der Waals surface area contributed by atoms with Crippen molar-refractivity contribution in [2.75, 3.05) is 13.7 Å². The topological polar surface area (TPSA) is 76.0 Å². The van der Waals surface area contributed by atoms with E-state index in [-0.39, 0.29) is 18.1 Å². The van der Waals surface area contributed by atoms with E-state index in [0.717, 1.165) is 5.71 Å². The molecule has 6 heteroatoms. The molecule has 0 radical (unpaired) electrons. The second kappa shape index (κ2) is 11.4. The fraction of sp³-hybridized carbons (Fsp3) is 0.692. The van der Waals surface area contributed by atoms with E-state index in [1.54, 1.807) is 14.0 Å². The van der Waals surface area contributed by atoms with Gasteiger partial charge in [0.25, 0.3) is 0 Å². The van der Waals surface area contributed by atoms with Crippen LogP contribution in [0.25, 0.3) is 0 Å². The summed E-state index contributed by atoms with van der Waals surface area (Å²) in [6.07, 6.45) is 0.393. The van der Waals surface area contributed by atoms with Gasteiger partial charge < -0.3 is 4.74 Å². The van der Waals surface area contributed by atoms with Gasteiger partial charge in [-0.15, -0.1) is 0 Å². The van der Waals surface area contributed by atoms with Crippen molar-refractivity contribution in [3.8, 4) is 0 Å². The predicted octanol–water partition coefficient (Wildman–Crippen LogP) is 1.78. The Balaban J connectivity index is 0. The van der Waals surface area contributed by atoms with Gasteiger partial charge in [0, 0.05) is 12.8 Å². The summed E-state index contributed by atoms with van der Waals surface area (Å²) in [6.45, 7) is 9.25. The van der Waals surface area contributed by atoms with E-state index < -0.39 is 5.97 Å². The Kier molecular flexibility index (Phi) is 11.7. The molecule has 6 nitrogen and oxygen atoms in total. The standard InChI is InChI=1S/C6H10O3.C5H8N2O.C2H6/c1-3-9-6(8)4-5(2)7;1-4-3-5(8)7(2)6-4;1-2/h3-4H2,1-2H3;3H2,1-2H3;1-2H3. The second-order valence-corrected chi connectivity index (χ2v) is 3.61. The van der Waals surface area contributed by atoms with E-state index in [2.05, 4.69) is 9.84 Å². The summed E-state index contributed by atoms with van der Waals surface area (Å²) in [5.41, 5.74) is 0.900. The molecule has 0 N–H and O–H groups in total. The molecule has 1 heterocycles. The molecule has 110 valence electrons. The molecular formula is C13H24N2O4. The number of hydrogen-bond donors (Lipinski definition) is 0. The molecule has 0 fully saturated rings. The molecule has 0 aromatic rings. The highest BCUT2D eigenvalue weighted by Gasteiger charge is 2.15. The number of carbonyl (C=O) groups excluding carboxylic acids is 3. The zero-order valence-electron chi connectivity index (χ0n) is 12.6. The number of ether oxygens (including phenoxy) is 1. The number of Topliss-reactive ketones (excluding diaryl/α,β-unsaturated/α-hetero) is 1. The molecule has 0 aliphatic carbocycles. The van der Waals surface area contributed by atoms with E-state index in [0.29, 0.717) is 13.0 Å². The van der Waals surface area contributed by atoms with Gasteiger partial charge in [0.1, 0.15) is 12.2 Å². The summed E-state index contributed by atoms with van der Waals surface area (Å²) in [5.74, 6) is -0.513. The molecule has 1 amide bonds. The monoisotopic (exact) mass is 272 g/mol. The van der Waals surface area contributed by atoms with Crippen molar-refractivity contribution in [1.29, 1.82) is 0 Å². The van der Waals surface area contributed by atoms with Crippen LogP contribution >= 0.6 is 0 Å². The molecule has 0 bridgehead atoms. The van der Waals surface area contributed by atoms with Crippen molar-refractivity contribution in [3.05, 3.63) is 0 Å². The van der Waals surface area contributed by atoms with Crippen molar-refractivity contribution >= 4 is 23.4 Å². The quantitative estimate of drug-likeness (QED) is 0.579. The number of hydrogen-bond acceptors (Lipinski definition) is 5. The lowest BCUT2D eigenvalue weighted by Crippen LogP contribution is -2.13. The lowest BCUT2D eigenvalue weighted by molar-refractivity contribution is -0.145. The minimum absolute atomic E-state index is 0.0856. The van der Waals surface area contributed by atoms with Gasteiger partial charge in [-0.3, -0.25) is 14.4 Å². The van der Waals surface area contributed by atoms with Crippen molar-refractivity contribution in [2.45, 2.75) is 47.5 Å². The van der Waals surface area contributed by atoms with Crippen LogP contribution in [0, 0.1) is 0 Å². The molecule has 1 rings (SSSR count). The van der Waals surface area contributed by atoms with Gasteiger partial charge >= 0.3 is 5.97 Å². The highest BCUT2D eigenvalue weighted by Crippen LogP contribution is 2.02. The van der Waals surface area contributed by atoms with Crippen molar-refractivity contribution < 1.29 is 19.1 Å². The fourth-order valence-corrected chi connectivity index (χ4v) is 1.10. The Bertz CT molecular complexity index is 338. The molecule has 0 atom stereocenters. The SMILES string of the molecule is CC.CC1=NN(C)C(=O)C1.CCOC(=O)CC(C)=O. The number of nitrogens with zero attached hydrogens (tertiary/aromatic N) is 2. The smallest absolute Gasteiger partial charge is 0.313 e. The van der Waals surface area contributed by atoms with E-state index in [9.17, 15) is 14.4 Å². The Hall–Kier alpha value is -1.72. The fourth-order valence-electron chi connectivity index (χ4n) is 1.10. The lowest BCUT2D eigenvalue weighted by Gasteiger charge is -1.98. The van der Waals surface area contributed by atoms with Crippen LogP contribution in [0.4, 0.5) is 0 Å². The molecule has 0 aromatic carbocycles. The third-order valence-corrected chi connectivity index (χ3v) is 1.79.